The van der Waals surface area contributed by atoms with Crippen molar-refractivity contribution < 1.29 is 0 Å². The fraction of sp³-hybridized carbons (Fsp3) is 0. The van der Waals surface area contributed by atoms with Crippen LogP contribution in [-0.4, -0.2) is 14.5 Å². The van der Waals surface area contributed by atoms with Crippen LogP contribution < -0.4 is 0 Å². The maximum Gasteiger partial charge on any atom is 0.235 e. The maximum atomic E-state index is 5.28. The van der Waals surface area contributed by atoms with E-state index in [0.717, 1.165) is 33.2 Å². The molecular formula is C36H23N3. The summed E-state index contributed by atoms with van der Waals surface area (Å²) < 4.78 is 2.22. The molecule has 39 heavy (non-hydrogen) atoms. The van der Waals surface area contributed by atoms with E-state index in [1.54, 1.807) is 0 Å². The Morgan fingerprint density at radius 1 is 0.436 bits per heavy atom. The molecule has 0 atom stereocenters. The van der Waals surface area contributed by atoms with Crippen LogP contribution in [0.4, 0.5) is 0 Å². The van der Waals surface area contributed by atoms with Crippen molar-refractivity contribution in [2.24, 2.45) is 0 Å². The van der Waals surface area contributed by atoms with Crippen LogP contribution in [0, 0.1) is 0 Å². The van der Waals surface area contributed by atoms with Gasteiger partial charge in [0.1, 0.15) is 0 Å². The first-order valence-corrected chi connectivity index (χ1v) is 13.2. The molecule has 0 fully saturated rings. The predicted molar refractivity (Wildman–Crippen MR) is 162 cm³/mol. The van der Waals surface area contributed by atoms with Crippen molar-refractivity contribution in [2.75, 3.05) is 0 Å². The van der Waals surface area contributed by atoms with Gasteiger partial charge in [-0.25, -0.2) is 9.97 Å². The number of aromatic nitrogens is 3. The summed E-state index contributed by atoms with van der Waals surface area (Å²) in [5, 5.41) is 5.94. The van der Waals surface area contributed by atoms with Crippen molar-refractivity contribution in [1.29, 1.82) is 0 Å². The zero-order valence-corrected chi connectivity index (χ0v) is 21.1. The molecule has 3 nitrogen and oxygen atoms in total. The molecule has 0 aliphatic rings. The zero-order valence-electron chi connectivity index (χ0n) is 21.1. The first-order valence-electron chi connectivity index (χ1n) is 13.2. The smallest absolute Gasteiger partial charge is 0.235 e. The lowest BCUT2D eigenvalue weighted by molar-refractivity contribution is 1.01. The summed E-state index contributed by atoms with van der Waals surface area (Å²) in [4.78, 5) is 10.4. The summed E-state index contributed by atoms with van der Waals surface area (Å²) >= 11 is 0. The second kappa shape index (κ2) is 8.64. The summed E-state index contributed by atoms with van der Waals surface area (Å²) in [5.41, 5.74) is 7.49. The van der Waals surface area contributed by atoms with E-state index in [4.69, 9.17) is 9.97 Å². The first-order chi connectivity index (χ1) is 19.3. The average Bonchev–Trinajstić information content (AvgIpc) is 3.36. The monoisotopic (exact) mass is 497 g/mol. The molecule has 6 aromatic carbocycles. The largest absolute Gasteiger partial charge is 0.278 e. The molecule has 0 amide bonds. The van der Waals surface area contributed by atoms with Gasteiger partial charge in [-0.05, 0) is 46.2 Å². The lowest BCUT2D eigenvalue weighted by Gasteiger charge is -2.12. The minimum atomic E-state index is 0.676. The molecule has 0 bridgehead atoms. The summed E-state index contributed by atoms with van der Waals surface area (Å²) in [6, 6.07) is 49.0. The Morgan fingerprint density at radius 3 is 2.03 bits per heavy atom. The van der Waals surface area contributed by atoms with Gasteiger partial charge < -0.3 is 0 Å². The highest BCUT2D eigenvalue weighted by Gasteiger charge is 2.18. The molecule has 0 unspecified atom stereocenters. The van der Waals surface area contributed by atoms with E-state index in [2.05, 4.69) is 132 Å². The Morgan fingerprint density at radius 2 is 1.13 bits per heavy atom. The molecule has 0 radical (unpaired) electrons. The lowest BCUT2D eigenvalue weighted by Crippen LogP contribution is -2.03. The summed E-state index contributed by atoms with van der Waals surface area (Å²) in [6.07, 6.45) is 0. The van der Waals surface area contributed by atoms with E-state index in [1.807, 2.05) is 12.1 Å². The van der Waals surface area contributed by atoms with Gasteiger partial charge in [-0.3, -0.25) is 4.57 Å². The van der Waals surface area contributed by atoms with Crippen molar-refractivity contribution in [3.63, 3.8) is 0 Å². The molecule has 0 spiro atoms. The number of hydrogen-bond acceptors (Lipinski definition) is 2. The van der Waals surface area contributed by atoms with Gasteiger partial charge in [-0.2, -0.15) is 0 Å². The summed E-state index contributed by atoms with van der Waals surface area (Å²) in [7, 11) is 0. The Balaban J connectivity index is 1.44. The van der Waals surface area contributed by atoms with Gasteiger partial charge in [-0.1, -0.05) is 115 Å². The van der Waals surface area contributed by atoms with Gasteiger partial charge in [-0.15, -0.1) is 0 Å². The van der Waals surface area contributed by atoms with E-state index in [1.165, 1.54) is 32.7 Å². The van der Waals surface area contributed by atoms with Crippen LogP contribution >= 0.6 is 0 Å². The Labute approximate surface area is 225 Å². The third-order valence-electron chi connectivity index (χ3n) is 7.60. The van der Waals surface area contributed by atoms with Crippen molar-refractivity contribution in [3.05, 3.63) is 140 Å². The van der Waals surface area contributed by atoms with Crippen molar-refractivity contribution in [2.45, 2.75) is 0 Å². The normalized spacial score (nSPS) is 11.6. The van der Waals surface area contributed by atoms with Crippen LogP contribution in [0.15, 0.2) is 140 Å². The minimum absolute atomic E-state index is 0.676. The maximum absolute atomic E-state index is 5.28. The second-order valence-electron chi connectivity index (χ2n) is 9.87. The predicted octanol–water partition coefficient (Wildman–Crippen LogP) is 9.21. The van der Waals surface area contributed by atoms with E-state index in [0.29, 0.717) is 5.95 Å². The quantitative estimate of drug-likeness (QED) is 0.244. The van der Waals surface area contributed by atoms with E-state index in [-0.39, 0.29) is 0 Å². The van der Waals surface area contributed by atoms with Crippen LogP contribution in [0.3, 0.4) is 0 Å². The molecular weight excluding hydrogens is 474 g/mol. The molecule has 0 saturated carbocycles. The van der Waals surface area contributed by atoms with Gasteiger partial charge in [0.05, 0.1) is 22.2 Å². The number of benzene rings is 6. The Kier molecular flexibility index (Phi) is 4.82. The Hall–Kier alpha value is -5.28. The standard InChI is InChI=1S/C36H23N3/c1-2-11-24(12-3-1)26-14-10-15-27(23-26)35-29-17-6-8-19-31(29)37-36(38-35)39-32-20-9-7-18-30(32)34-28-16-5-4-13-25(28)21-22-33(34)39/h1-23H. The lowest BCUT2D eigenvalue weighted by atomic mass is 10.00. The van der Waals surface area contributed by atoms with Gasteiger partial charge in [0.2, 0.25) is 5.95 Å². The molecule has 182 valence electrons. The highest BCUT2D eigenvalue weighted by molar-refractivity contribution is 6.21. The highest BCUT2D eigenvalue weighted by Crippen LogP contribution is 2.37. The third kappa shape index (κ3) is 3.44. The Bertz CT molecular complexity index is 2170. The molecule has 3 heteroatoms. The number of fused-ring (bicyclic) bond motifs is 6. The summed E-state index contributed by atoms with van der Waals surface area (Å²) in [5.74, 6) is 0.676. The van der Waals surface area contributed by atoms with E-state index in [9.17, 15) is 0 Å². The van der Waals surface area contributed by atoms with Gasteiger partial charge >= 0.3 is 0 Å². The molecule has 0 saturated heterocycles. The molecule has 2 heterocycles. The third-order valence-corrected chi connectivity index (χ3v) is 7.60. The highest BCUT2D eigenvalue weighted by atomic mass is 15.2. The summed E-state index contributed by atoms with van der Waals surface area (Å²) in [6.45, 7) is 0. The molecule has 0 aliphatic carbocycles. The SMILES string of the molecule is c1ccc(-c2cccc(-c3nc(-n4c5ccccc5c5c6ccccc6ccc54)nc4ccccc34)c2)cc1. The molecule has 8 aromatic rings. The molecule has 2 aromatic heterocycles. The average molecular weight is 498 g/mol. The van der Waals surface area contributed by atoms with Gasteiger partial charge in [0.15, 0.2) is 0 Å². The molecule has 8 rings (SSSR count). The van der Waals surface area contributed by atoms with Crippen LogP contribution in [0.1, 0.15) is 0 Å². The van der Waals surface area contributed by atoms with E-state index >= 15 is 0 Å². The van der Waals surface area contributed by atoms with E-state index < -0.39 is 0 Å². The zero-order chi connectivity index (χ0) is 25.8. The van der Waals surface area contributed by atoms with Crippen LogP contribution in [-0.2, 0) is 0 Å². The van der Waals surface area contributed by atoms with Crippen LogP contribution in [0.2, 0.25) is 0 Å². The number of hydrogen-bond donors (Lipinski definition) is 0. The van der Waals surface area contributed by atoms with Crippen molar-refractivity contribution in [3.8, 4) is 28.3 Å². The van der Waals surface area contributed by atoms with Crippen LogP contribution in [0.5, 0.6) is 0 Å². The van der Waals surface area contributed by atoms with Crippen molar-refractivity contribution in [1.82, 2.24) is 14.5 Å². The number of para-hydroxylation sites is 2. The molecule has 0 N–H and O–H groups in total. The van der Waals surface area contributed by atoms with Crippen LogP contribution in [0.25, 0.3) is 71.8 Å². The molecule has 0 aliphatic heterocycles. The topological polar surface area (TPSA) is 30.7 Å². The van der Waals surface area contributed by atoms with Gasteiger partial charge in [0.25, 0.3) is 0 Å². The fourth-order valence-corrected chi connectivity index (χ4v) is 5.82. The van der Waals surface area contributed by atoms with Crippen molar-refractivity contribution >= 4 is 43.5 Å². The minimum Gasteiger partial charge on any atom is -0.278 e. The number of rotatable bonds is 3. The fourth-order valence-electron chi connectivity index (χ4n) is 5.82. The first kappa shape index (κ1) is 21.8. The van der Waals surface area contributed by atoms with Gasteiger partial charge in [0, 0.05) is 21.7 Å². The second-order valence-corrected chi connectivity index (χ2v) is 9.87. The number of nitrogens with zero attached hydrogens (tertiary/aromatic N) is 3.